The number of benzene rings is 1. The fraction of sp³-hybridized carbons (Fsp3) is 0.500. The summed E-state index contributed by atoms with van der Waals surface area (Å²) in [6.07, 6.45) is 4.64. The van der Waals surface area contributed by atoms with E-state index in [0.717, 1.165) is 32.2 Å². The molecular weight excluding hydrogens is 302 g/mol. The SMILES string of the molecule is O=C(CC1CCCN1)Nc1ccc(Cl)c(C(=O)NC2CC2)c1. The van der Waals surface area contributed by atoms with E-state index in [1.807, 2.05) is 0 Å². The van der Waals surface area contributed by atoms with Crippen molar-refractivity contribution in [1.29, 1.82) is 0 Å². The van der Waals surface area contributed by atoms with Crippen molar-refractivity contribution in [2.24, 2.45) is 0 Å². The molecule has 1 unspecified atom stereocenters. The zero-order valence-electron chi connectivity index (χ0n) is 12.3. The Labute approximate surface area is 134 Å². The first-order valence-electron chi connectivity index (χ1n) is 7.75. The molecule has 1 heterocycles. The van der Waals surface area contributed by atoms with E-state index in [-0.39, 0.29) is 23.9 Å². The van der Waals surface area contributed by atoms with E-state index in [2.05, 4.69) is 16.0 Å². The van der Waals surface area contributed by atoms with E-state index in [0.29, 0.717) is 22.7 Å². The van der Waals surface area contributed by atoms with Gasteiger partial charge in [0.05, 0.1) is 10.6 Å². The number of nitrogens with one attached hydrogen (secondary N) is 3. The van der Waals surface area contributed by atoms with Crippen LogP contribution in [0.2, 0.25) is 5.02 Å². The number of carbonyl (C=O) groups excluding carboxylic acids is 2. The van der Waals surface area contributed by atoms with Crippen molar-refractivity contribution in [1.82, 2.24) is 10.6 Å². The van der Waals surface area contributed by atoms with E-state index in [4.69, 9.17) is 11.6 Å². The molecule has 1 atom stereocenters. The highest BCUT2D eigenvalue weighted by atomic mass is 35.5. The maximum atomic E-state index is 12.1. The van der Waals surface area contributed by atoms with Gasteiger partial charge in [-0.2, -0.15) is 0 Å². The van der Waals surface area contributed by atoms with Gasteiger partial charge in [0.2, 0.25) is 5.91 Å². The standard InChI is InChI=1S/C16H20ClN3O2/c17-14-6-5-12(8-13(14)16(22)20-10-3-4-10)19-15(21)9-11-2-1-7-18-11/h5-6,8,10-11,18H,1-4,7,9H2,(H,19,21)(H,20,22). The molecule has 2 fully saturated rings. The van der Waals surface area contributed by atoms with Crippen LogP contribution in [0.25, 0.3) is 0 Å². The molecule has 2 aliphatic rings. The lowest BCUT2D eigenvalue weighted by atomic mass is 10.1. The average Bonchev–Trinajstić information content (AvgIpc) is 3.14. The summed E-state index contributed by atoms with van der Waals surface area (Å²) in [5, 5.41) is 9.44. The topological polar surface area (TPSA) is 70.2 Å². The minimum Gasteiger partial charge on any atom is -0.349 e. The summed E-state index contributed by atoms with van der Waals surface area (Å²) in [5.41, 5.74) is 1.01. The Hall–Kier alpha value is -1.59. The lowest BCUT2D eigenvalue weighted by Gasteiger charge is -2.12. The highest BCUT2D eigenvalue weighted by Gasteiger charge is 2.25. The van der Waals surface area contributed by atoms with Crippen molar-refractivity contribution in [2.75, 3.05) is 11.9 Å². The molecule has 3 rings (SSSR count). The first-order chi connectivity index (χ1) is 10.6. The van der Waals surface area contributed by atoms with E-state index in [1.54, 1.807) is 18.2 Å². The van der Waals surface area contributed by atoms with Gasteiger partial charge in [0.25, 0.3) is 5.91 Å². The van der Waals surface area contributed by atoms with Gasteiger partial charge >= 0.3 is 0 Å². The van der Waals surface area contributed by atoms with Crippen molar-refractivity contribution in [3.63, 3.8) is 0 Å². The largest absolute Gasteiger partial charge is 0.349 e. The molecule has 0 aromatic heterocycles. The molecule has 6 heteroatoms. The predicted molar refractivity (Wildman–Crippen MR) is 86.2 cm³/mol. The zero-order valence-corrected chi connectivity index (χ0v) is 13.1. The fourth-order valence-electron chi connectivity index (χ4n) is 2.63. The molecule has 22 heavy (non-hydrogen) atoms. The third-order valence-corrected chi connectivity index (χ3v) is 4.33. The van der Waals surface area contributed by atoms with E-state index >= 15 is 0 Å². The summed E-state index contributed by atoms with van der Waals surface area (Å²) in [5.74, 6) is -0.226. The molecule has 0 spiro atoms. The lowest BCUT2D eigenvalue weighted by molar-refractivity contribution is -0.116. The average molecular weight is 322 g/mol. The Bertz CT molecular complexity index is 581. The van der Waals surface area contributed by atoms with Crippen LogP contribution < -0.4 is 16.0 Å². The Morgan fingerprint density at radius 1 is 1.27 bits per heavy atom. The first-order valence-corrected chi connectivity index (χ1v) is 8.13. The summed E-state index contributed by atoms with van der Waals surface area (Å²) >= 11 is 6.09. The molecule has 0 bridgehead atoms. The smallest absolute Gasteiger partial charge is 0.253 e. The fourth-order valence-corrected chi connectivity index (χ4v) is 2.84. The van der Waals surface area contributed by atoms with Crippen LogP contribution in [0, 0.1) is 0 Å². The minimum absolute atomic E-state index is 0.0460. The summed E-state index contributed by atoms with van der Waals surface area (Å²) < 4.78 is 0. The van der Waals surface area contributed by atoms with Crippen LogP contribution in [-0.2, 0) is 4.79 Å². The number of hydrogen-bond donors (Lipinski definition) is 3. The number of carbonyl (C=O) groups is 2. The monoisotopic (exact) mass is 321 g/mol. The van der Waals surface area contributed by atoms with Crippen LogP contribution in [0.3, 0.4) is 0 Å². The van der Waals surface area contributed by atoms with Gasteiger partial charge in [0.1, 0.15) is 0 Å². The van der Waals surface area contributed by atoms with Gasteiger partial charge in [0, 0.05) is 24.2 Å². The number of hydrogen-bond acceptors (Lipinski definition) is 3. The summed E-state index contributed by atoms with van der Waals surface area (Å²) in [7, 11) is 0. The van der Waals surface area contributed by atoms with E-state index in [9.17, 15) is 9.59 Å². The van der Waals surface area contributed by atoms with Gasteiger partial charge in [-0.1, -0.05) is 11.6 Å². The van der Waals surface area contributed by atoms with Gasteiger partial charge in [-0.25, -0.2) is 0 Å². The molecule has 1 aliphatic carbocycles. The second kappa shape index (κ2) is 6.67. The van der Waals surface area contributed by atoms with Gasteiger partial charge in [-0.05, 0) is 50.4 Å². The molecule has 1 saturated carbocycles. The normalized spacial score (nSPS) is 20.7. The Morgan fingerprint density at radius 3 is 2.77 bits per heavy atom. The molecule has 1 aliphatic heterocycles. The second-order valence-corrected chi connectivity index (χ2v) is 6.40. The number of rotatable bonds is 5. The quantitative estimate of drug-likeness (QED) is 0.779. The maximum Gasteiger partial charge on any atom is 0.253 e. The molecule has 3 N–H and O–H groups in total. The van der Waals surface area contributed by atoms with Crippen molar-refractivity contribution < 1.29 is 9.59 Å². The third-order valence-electron chi connectivity index (χ3n) is 4.00. The van der Waals surface area contributed by atoms with Crippen LogP contribution in [0.15, 0.2) is 18.2 Å². The van der Waals surface area contributed by atoms with Crippen LogP contribution in [0.4, 0.5) is 5.69 Å². The molecule has 118 valence electrons. The van der Waals surface area contributed by atoms with Gasteiger partial charge in [-0.3, -0.25) is 9.59 Å². The second-order valence-electron chi connectivity index (χ2n) is 5.99. The molecule has 1 aromatic rings. The van der Waals surface area contributed by atoms with Crippen LogP contribution in [-0.4, -0.2) is 30.4 Å². The lowest BCUT2D eigenvalue weighted by Crippen LogP contribution is -2.28. The summed E-state index contributed by atoms with van der Waals surface area (Å²) in [6.45, 7) is 0.977. The van der Waals surface area contributed by atoms with Crippen LogP contribution in [0.1, 0.15) is 42.5 Å². The Kier molecular flexibility index (Phi) is 4.64. The Morgan fingerprint density at radius 2 is 2.09 bits per heavy atom. The molecule has 2 amide bonds. The molecule has 1 aromatic carbocycles. The maximum absolute atomic E-state index is 12.1. The third kappa shape index (κ3) is 3.99. The highest BCUT2D eigenvalue weighted by molar-refractivity contribution is 6.34. The Balaban J connectivity index is 1.62. The van der Waals surface area contributed by atoms with Crippen molar-refractivity contribution in [2.45, 2.75) is 44.2 Å². The number of halogens is 1. The van der Waals surface area contributed by atoms with Gasteiger partial charge in [-0.15, -0.1) is 0 Å². The molecular formula is C16H20ClN3O2. The van der Waals surface area contributed by atoms with Gasteiger partial charge < -0.3 is 16.0 Å². The summed E-state index contributed by atoms with van der Waals surface area (Å²) in [4.78, 5) is 24.2. The zero-order chi connectivity index (χ0) is 15.5. The van der Waals surface area contributed by atoms with Crippen molar-refractivity contribution >= 4 is 29.1 Å². The minimum atomic E-state index is -0.180. The first kappa shape index (κ1) is 15.3. The van der Waals surface area contributed by atoms with Gasteiger partial charge in [0.15, 0.2) is 0 Å². The highest BCUT2D eigenvalue weighted by Crippen LogP contribution is 2.24. The van der Waals surface area contributed by atoms with E-state index < -0.39 is 0 Å². The number of anilines is 1. The van der Waals surface area contributed by atoms with Crippen molar-refractivity contribution in [3.8, 4) is 0 Å². The number of amides is 2. The van der Waals surface area contributed by atoms with Crippen LogP contribution in [0.5, 0.6) is 0 Å². The summed E-state index contributed by atoms with van der Waals surface area (Å²) in [6, 6.07) is 5.53. The predicted octanol–water partition coefficient (Wildman–Crippen LogP) is 2.31. The van der Waals surface area contributed by atoms with Crippen molar-refractivity contribution in [3.05, 3.63) is 28.8 Å². The van der Waals surface area contributed by atoms with Crippen LogP contribution >= 0.6 is 11.6 Å². The van der Waals surface area contributed by atoms with E-state index in [1.165, 1.54) is 0 Å². The molecule has 5 nitrogen and oxygen atoms in total. The molecule has 0 radical (unpaired) electrons. The molecule has 1 saturated heterocycles.